The minimum absolute atomic E-state index is 0.0979. The summed E-state index contributed by atoms with van der Waals surface area (Å²) in [5.41, 5.74) is -0.863. The molecule has 0 heterocycles. The fourth-order valence-corrected chi connectivity index (χ4v) is 3.44. The summed E-state index contributed by atoms with van der Waals surface area (Å²) in [5.74, 6) is -3.13. The monoisotopic (exact) mass is 312 g/mol. The number of aliphatic hydroxyl groups excluding tert-OH is 2. The SMILES string of the molecule is CCC(CO)(CO)COC(=O)C1C2C=CC(CC2)C1C(=O)O. The minimum atomic E-state index is -0.966. The quantitative estimate of drug-likeness (QED) is 0.475. The second-order valence-corrected chi connectivity index (χ2v) is 6.46. The molecular weight excluding hydrogens is 288 g/mol. The Morgan fingerprint density at radius 2 is 1.68 bits per heavy atom. The van der Waals surface area contributed by atoms with Gasteiger partial charge in [-0.3, -0.25) is 9.59 Å². The second kappa shape index (κ2) is 6.79. The standard InChI is InChI=1S/C16H24O6/c1-2-16(7-17,8-18)9-22-15(21)13-11-5-3-10(4-6-11)12(13)14(19)20/h3,5,10-13,17-18H,2,4,6-9H2,1H3,(H,19,20). The zero-order valence-electron chi connectivity index (χ0n) is 12.8. The number of aliphatic hydroxyl groups is 2. The molecular formula is C16H24O6. The number of carboxylic acids is 1. The molecule has 6 nitrogen and oxygen atoms in total. The molecule has 0 radical (unpaired) electrons. The van der Waals surface area contributed by atoms with Crippen LogP contribution in [0.15, 0.2) is 12.2 Å². The van der Waals surface area contributed by atoms with Gasteiger partial charge in [0, 0.05) is 0 Å². The first-order valence-electron chi connectivity index (χ1n) is 7.77. The molecule has 22 heavy (non-hydrogen) atoms. The Hall–Kier alpha value is -1.40. The summed E-state index contributed by atoms with van der Waals surface area (Å²) >= 11 is 0. The maximum absolute atomic E-state index is 12.4. The third-order valence-corrected chi connectivity index (χ3v) is 5.25. The van der Waals surface area contributed by atoms with Gasteiger partial charge in [-0.1, -0.05) is 19.1 Å². The van der Waals surface area contributed by atoms with Gasteiger partial charge in [0.2, 0.25) is 0 Å². The Morgan fingerprint density at radius 1 is 1.14 bits per heavy atom. The number of carbonyl (C=O) groups is 2. The molecule has 4 atom stereocenters. The number of hydrogen-bond donors (Lipinski definition) is 3. The topological polar surface area (TPSA) is 104 Å². The first-order valence-corrected chi connectivity index (χ1v) is 7.77. The lowest BCUT2D eigenvalue weighted by atomic mass is 9.62. The molecule has 4 unspecified atom stereocenters. The zero-order valence-corrected chi connectivity index (χ0v) is 12.8. The van der Waals surface area contributed by atoms with Gasteiger partial charge < -0.3 is 20.1 Å². The molecule has 6 heteroatoms. The average Bonchev–Trinajstić information content (AvgIpc) is 2.56. The van der Waals surface area contributed by atoms with E-state index in [0.717, 1.165) is 12.8 Å². The summed E-state index contributed by atoms with van der Waals surface area (Å²) in [6.45, 7) is 1.13. The van der Waals surface area contributed by atoms with Gasteiger partial charge in [-0.25, -0.2) is 0 Å². The highest BCUT2D eigenvalue weighted by molar-refractivity contribution is 5.83. The van der Waals surface area contributed by atoms with E-state index in [0.29, 0.717) is 6.42 Å². The van der Waals surface area contributed by atoms with Crippen LogP contribution in [0.5, 0.6) is 0 Å². The molecule has 124 valence electrons. The van der Waals surface area contributed by atoms with E-state index in [2.05, 4.69) is 0 Å². The van der Waals surface area contributed by atoms with Crippen LogP contribution in [-0.2, 0) is 14.3 Å². The number of ether oxygens (including phenoxy) is 1. The minimum Gasteiger partial charge on any atom is -0.481 e. The zero-order chi connectivity index (χ0) is 16.3. The van der Waals surface area contributed by atoms with Crippen LogP contribution in [0.25, 0.3) is 0 Å². The molecule has 0 saturated heterocycles. The highest BCUT2D eigenvalue weighted by Gasteiger charge is 2.49. The van der Waals surface area contributed by atoms with Crippen LogP contribution in [0.4, 0.5) is 0 Å². The molecule has 1 fully saturated rings. The van der Waals surface area contributed by atoms with Crippen molar-refractivity contribution in [3.8, 4) is 0 Å². The van der Waals surface area contributed by atoms with Gasteiger partial charge in [0.1, 0.15) is 6.61 Å². The number of carbonyl (C=O) groups excluding carboxylic acids is 1. The van der Waals surface area contributed by atoms with Crippen molar-refractivity contribution in [3.05, 3.63) is 12.2 Å². The first-order chi connectivity index (χ1) is 10.5. The van der Waals surface area contributed by atoms with Crippen molar-refractivity contribution in [1.29, 1.82) is 0 Å². The molecule has 2 bridgehead atoms. The van der Waals surface area contributed by atoms with Gasteiger partial charge in [-0.2, -0.15) is 0 Å². The third kappa shape index (κ3) is 3.03. The second-order valence-electron chi connectivity index (χ2n) is 6.46. The number of fused-ring (bicyclic) bond motifs is 2. The molecule has 0 aliphatic heterocycles. The largest absolute Gasteiger partial charge is 0.481 e. The van der Waals surface area contributed by atoms with E-state index < -0.39 is 29.2 Å². The number of esters is 1. The van der Waals surface area contributed by atoms with E-state index >= 15 is 0 Å². The Labute approximate surface area is 129 Å². The van der Waals surface area contributed by atoms with E-state index in [1.54, 1.807) is 6.92 Å². The summed E-state index contributed by atoms with van der Waals surface area (Å²) < 4.78 is 5.30. The molecule has 3 aliphatic rings. The smallest absolute Gasteiger partial charge is 0.310 e. The van der Waals surface area contributed by atoms with Crippen LogP contribution in [0.1, 0.15) is 26.2 Å². The van der Waals surface area contributed by atoms with Gasteiger partial charge in [0.25, 0.3) is 0 Å². The van der Waals surface area contributed by atoms with Gasteiger partial charge in [-0.15, -0.1) is 0 Å². The van der Waals surface area contributed by atoms with E-state index in [1.807, 2.05) is 12.2 Å². The van der Waals surface area contributed by atoms with Crippen molar-refractivity contribution >= 4 is 11.9 Å². The fourth-order valence-electron chi connectivity index (χ4n) is 3.44. The summed E-state index contributed by atoms with van der Waals surface area (Å²) in [7, 11) is 0. The average molecular weight is 312 g/mol. The molecule has 0 aromatic heterocycles. The van der Waals surface area contributed by atoms with Crippen LogP contribution < -0.4 is 0 Å². The molecule has 3 rings (SSSR count). The molecule has 0 aromatic rings. The fraction of sp³-hybridized carbons (Fsp3) is 0.750. The molecule has 0 aromatic carbocycles. The predicted molar refractivity (Wildman–Crippen MR) is 77.8 cm³/mol. The molecule has 3 aliphatic carbocycles. The Bertz CT molecular complexity index is 445. The number of aliphatic carboxylic acids is 1. The van der Waals surface area contributed by atoms with Crippen molar-refractivity contribution in [1.82, 2.24) is 0 Å². The predicted octanol–water partition coefficient (Wildman–Crippen LogP) is 0.824. The lowest BCUT2D eigenvalue weighted by Crippen LogP contribution is -2.46. The van der Waals surface area contributed by atoms with Crippen LogP contribution in [0, 0.1) is 29.1 Å². The highest BCUT2D eigenvalue weighted by Crippen LogP contribution is 2.45. The van der Waals surface area contributed by atoms with E-state index in [9.17, 15) is 24.9 Å². The van der Waals surface area contributed by atoms with Crippen LogP contribution in [0.2, 0.25) is 0 Å². The highest BCUT2D eigenvalue weighted by atomic mass is 16.5. The Balaban J connectivity index is 2.08. The van der Waals surface area contributed by atoms with Crippen LogP contribution in [0.3, 0.4) is 0 Å². The van der Waals surface area contributed by atoms with Crippen molar-refractivity contribution in [2.45, 2.75) is 26.2 Å². The van der Waals surface area contributed by atoms with Crippen molar-refractivity contribution in [2.24, 2.45) is 29.1 Å². The summed E-state index contributed by atoms with van der Waals surface area (Å²) in [6, 6.07) is 0. The number of carboxylic acid groups (broad SMARTS) is 1. The summed E-state index contributed by atoms with van der Waals surface area (Å²) in [6.07, 6.45) is 5.86. The molecule has 3 N–H and O–H groups in total. The van der Waals surface area contributed by atoms with Gasteiger partial charge in [0.15, 0.2) is 0 Å². The van der Waals surface area contributed by atoms with Crippen molar-refractivity contribution in [3.63, 3.8) is 0 Å². The van der Waals surface area contributed by atoms with Gasteiger partial charge in [-0.05, 0) is 31.1 Å². The maximum Gasteiger partial charge on any atom is 0.310 e. The molecule has 0 amide bonds. The third-order valence-electron chi connectivity index (χ3n) is 5.25. The van der Waals surface area contributed by atoms with Crippen LogP contribution >= 0.6 is 0 Å². The summed E-state index contributed by atoms with van der Waals surface area (Å²) in [4.78, 5) is 23.9. The number of allylic oxidation sites excluding steroid dienone is 2. The summed E-state index contributed by atoms with van der Waals surface area (Å²) in [5, 5.41) is 28.2. The molecule has 0 spiro atoms. The van der Waals surface area contributed by atoms with Gasteiger partial charge >= 0.3 is 11.9 Å². The van der Waals surface area contributed by atoms with Gasteiger partial charge in [0.05, 0.1) is 30.5 Å². The number of hydrogen-bond acceptors (Lipinski definition) is 5. The Morgan fingerprint density at radius 3 is 2.09 bits per heavy atom. The normalized spacial score (nSPS) is 30.3. The van der Waals surface area contributed by atoms with Crippen LogP contribution in [-0.4, -0.2) is 47.1 Å². The van der Waals surface area contributed by atoms with Crippen molar-refractivity contribution < 1.29 is 29.6 Å². The van der Waals surface area contributed by atoms with E-state index in [4.69, 9.17) is 4.74 Å². The van der Waals surface area contributed by atoms with E-state index in [-0.39, 0.29) is 31.7 Å². The maximum atomic E-state index is 12.4. The lowest BCUT2D eigenvalue weighted by molar-refractivity contribution is -0.168. The van der Waals surface area contributed by atoms with Crippen molar-refractivity contribution in [2.75, 3.05) is 19.8 Å². The Kier molecular flexibility index (Phi) is 5.24. The van der Waals surface area contributed by atoms with E-state index in [1.165, 1.54) is 0 Å². The number of rotatable bonds is 7. The molecule has 1 saturated carbocycles. The first kappa shape index (κ1) is 17.0. The lowest BCUT2D eigenvalue weighted by Gasteiger charge is -2.41.